The molecule has 0 spiro atoms. The van der Waals surface area contributed by atoms with Crippen LogP contribution < -0.4 is 4.74 Å². The topological polar surface area (TPSA) is 66.8 Å². The number of carboxylic acid groups (broad SMARTS) is 1. The minimum Gasteiger partial charge on any atom is -0.478 e. The van der Waals surface area contributed by atoms with E-state index in [2.05, 4.69) is 11.0 Å². The zero-order chi connectivity index (χ0) is 21.0. The number of ketones is 1. The number of likely N-dealkylation sites (tertiary alicyclic amines) is 1. The third-order valence-electron chi connectivity index (χ3n) is 5.54. The molecule has 0 aromatic heterocycles. The van der Waals surface area contributed by atoms with Gasteiger partial charge in [-0.15, -0.1) is 0 Å². The number of ether oxygens (including phenoxy) is 1. The second-order valence-corrected chi connectivity index (χ2v) is 8.30. The van der Waals surface area contributed by atoms with Gasteiger partial charge in [-0.2, -0.15) is 0 Å². The zero-order valence-electron chi connectivity index (χ0n) is 17.4. The van der Waals surface area contributed by atoms with E-state index in [1.54, 1.807) is 19.9 Å². The number of hydrogen-bond acceptors (Lipinski definition) is 4. The van der Waals surface area contributed by atoms with Crippen LogP contribution >= 0.6 is 0 Å². The van der Waals surface area contributed by atoms with Gasteiger partial charge in [-0.25, -0.2) is 4.79 Å². The minimum absolute atomic E-state index is 0.157. The maximum atomic E-state index is 12.7. The lowest BCUT2D eigenvalue weighted by molar-refractivity contribution is -0.152. The predicted octanol–water partition coefficient (Wildman–Crippen LogP) is 4.30. The van der Waals surface area contributed by atoms with Gasteiger partial charge in [0.2, 0.25) is 0 Å². The highest BCUT2D eigenvalue weighted by Crippen LogP contribution is 2.30. The SMILES string of the molecule is Cc1ccccc1C(=O)CN1CCCC(c2cccc(OC(C)(C)C(=O)O)c2)C1. The van der Waals surface area contributed by atoms with Gasteiger partial charge in [0.1, 0.15) is 5.75 Å². The molecule has 1 aliphatic rings. The first-order valence-corrected chi connectivity index (χ1v) is 10.1. The van der Waals surface area contributed by atoms with Crippen molar-refractivity contribution in [3.8, 4) is 5.75 Å². The van der Waals surface area contributed by atoms with Gasteiger partial charge in [-0.1, -0.05) is 36.4 Å². The van der Waals surface area contributed by atoms with E-state index in [0.717, 1.165) is 42.6 Å². The molecule has 1 atom stereocenters. The van der Waals surface area contributed by atoms with E-state index < -0.39 is 11.6 Å². The Morgan fingerprint density at radius 3 is 2.66 bits per heavy atom. The highest BCUT2D eigenvalue weighted by molar-refractivity contribution is 5.98. The van der Waals surface area contributed by atoms with Crippen LogP contribution in [0.2, 0.25) is 0 Å². The summed E-state index contributed by atoms with van der Waals surface area (Å²) in [5.41, 5.74) is 1.64. The molecule has 0 bridgehead atoms. The molecule has 1 aliphatic heterocycles. The summed E-state index contributed by atoms with van der Waals surface area (Å²) >= 11 is 0. The van der Waals surface area contributed by atoms with Crippen molar-refractivity contribution < 1.29 is 19.4 Å². The second-order valence-electron chi connectivity index (χ2n) is 8.30. The van der Waals surface area contributed by atoms with E-state index in [9.17, 15) is 14.7 Å². The number of rotatable bonds is 7. The maximum absolute atomic E-state index is 12.7. The average molecular weight is 395 g/mol. The van der Waals surface area contributed by atoms with Crippen molar-refractivity contribution in [2.75, 3.05) is 19.6 Å². The van der Waals surface area contributed by atoms with Crippen LogP contribution in [0.4, 0.5) is 0 Å². The lowest BCUT2D eigenvalue weighted by Crippen LogP contribution is -2.38. The normalized spacial score (nSPS) is 17.7. The van der Waals surface area contributed by atoms with Crippen molar-refractivity contribution in [3.63, 3.8) is 0 Å². The molecule has 154 valence electrons. The van der Waals surface area contributed by atoms with E-state index in [0.29, 0.717) is 18.2 Å². The van der Waals surface area contributed by atoms with Crippen LogP contribution in [-0.2, 0) is 4.79 Å². The minimum atomic E-state index is -1.28. The Kier molecular flexibility index (Phi) is 6.38. The molecule has 1 fully saturated rings. The highest BCUT2D eigenvalue weighted by atomic mass is 16.5. The Morgan fingerprint density at radius 2 is 1.93 bits per heavy atom. The Morgan fingerprint density at radius 1 is 1.17 bits per heavy atom. The number of carbonyl (C=O) groups is 2. The van der Waals surface area contributed by atoms with Crippen molar-refractivity contribution in [3.05, 3.63) is 65.2 Å². The lowest BCUT2D eigenvalue weighted by atomic mass is 9.90. The molecule has 3 rings (SSSR count). The van der Waals surface area contributed by atoms with Crippen LogP contribution in [0.25, 0.3) is 0 Å². The summed E-state index contributed by atoms with van der Waals surface area (Å²) in [6, 6.07) is 15.4. The largest absolute Gasteiger partial charge is 0.478 e. The Balaban J connectivity index is 1.68. The number of hydrogen-bond donors (Lipinski definition) is 1. The van der Waals surface area contributed by atoms with Gasteiger partial charge in [0.15, 0.2) is 11.4 Å². The fourth-order valence-corrected chi connectivity index (χ4v) is 3.82. The molecular weight excluding hydrogens is 366 g/mol. The van der Waals surface area contributed by atoms with Gasteiger partial charge in [-0.05, 0) is 69.3 Å². The van der Waals surface area contributed by atoms with E-state index in [1.165, 1.54) is 0 Å². The molecule has 2 aromatic carbocycles. The third-order valence-corrected chi connectivity index (χ3v) is 5.54. The molecule has 0 amide bonds. The smallest absolute Gasteiger partial charge is 0.347 e. The number of aliphatic carboxylic acids is 1. The molecule has 5 heteroatoms. The Labute approximate surface area is 172 Å². The summed E-state index contributed by atoms with van der Waals surface area (Å²) < 4.78 is 5.69. The summed E-state index contributed by atoms with van der Waals surface area (Å²) in [4.78, 5) is 26.3. The number of aryl methyl sites for hydroxylation is 1. The van der Waals surface area contributed by atoms with Gasteiger partial charge in [0.25, 0.3) is 0 Å². The van der Waals surface area contributed by atoms with Crippen molar-refractivity contribution >= 4 is 11.8 Å². The van der Waals surface area contributed by atoms with Crippen LogP contribution in [-0.4, -0.2) is 47.0 Å². The second kappa shape index (κ2) is 8.78. The summed E-state index contributed by atoms with van der Waals surface area (Å²) in [5, 5.41) is 9.29. The molecule has 29 heavy (non-hydrogen) atoms. The lowest BCUT2D eigenvalue weighted by Gasteiger charge is -2.33. The Hall–Kier alpha value is -2.66. The molecular formula is C24H29NO4. The van der Waals surface area contributed by atoms with Crippen LogP contribution in [0.1, 0.15) is 54.1 Å². The number of carboxylic acids is 1. The van der Waals surface area contributed by atoms with Crippen LogP contribution in [0.3, 0.4) is 0 Å². The summed E-state index contributed by atoms with van der Waals surface area (Å²) in [6.07, 6.45) is 2.07. The van der Waals surface area contributed by atoms with Crippen molar-refractivity contribution in [1.82, 2.24) is 4.90 Å². The number of benzene rings is 2. The highest BCUT2D eigenvalue weighted by Gasteiger charge is 2.30. The van der Waals surface area contributed by atoms with E-state index in [-0.39, 0.29) is 5.78 Å². The number of piperidine rings is 1. The summed E-state index contributed by atoms with van der Waals surface area (Å²) in [6.45, 7) is 7.20. The van der Waals surface area contributed by atoms with Crippen LogP contribution in [0.15, 0.2) is 48.5 Å². The van der Waals surface area contributed by atoms with Gasteiger partial charge < -0.3 is 9.84 Å². The molecule has 2 aromatic rings. The molecule has 1 heterocycles. The maximum Gasteiger partial charge on any atom is 0.347 e. The number of Topliss-reactive ketones (excluding diaryl/α,β-unsaturated/α-hetero) is 1. The van der Waals surface area contributed by atoms with Gasteiger partial charge in [0, 0.05) is 12.1 Å². The first-order valence-electron chi connectivity index (χ1n) is 10.1. The molecule has 1 unspecified atom stereocenters. The third kappa shape index (κ3) is 5.24. The number of carbonyl (C=O) groups excluding carboxylic acids is 1. The van der Waals surface area contributed by atoms with Gasteiger partial charge in [-0.3, -0.25) is 9.69 Å². The van der Waals surface area contributed by atoms with Crippen molar-refractivity contribution in [1.29, 1.82) is 0 Å². The van der Waals surface area contributed by atoms with Gasteiger partial charge >= 0.3 is 5.97 Å². The monoisotopic (exact) mass is 395 g/mol. The molecule has 1 saturated heterocycles. The Bertz CT molecular complexity index is 890. The zero-order valence-corrected chi connectivity index (χ0v) is 17.4. The fraction of sp³-hybridized carbons (Fsp3) is 0.417. The van der Waals surface area contributed by atoms with E-state index >= 15 is 0 Å². The summed E-state index contributed by atoms with van der Waals surface area (Å²) in [7, 11) is 0. The molecule has 0 radical (unpaired) electrons. The number of nitrogens with zero attached hydrogens (tertiary/aromatic N) is 1. The van der Waals surface area contributed by atoms with Crippen molar-refractivity contribution in [2.45, 2.75) is 45.1 Å². The molecule has 0 aliphatic carbocycles. The van der Waals surface area contributed by atoms with E-state index in [4.69, 9.17) is 4.74 Å². The van der Waals surface area contributed by atoms with E-state index in [1.807, 2.05) is 43.3 Å². The molecule has 1 N–H and O–H groups in total. The molecule has 0 saturated carbocycles. The van der Waals surface area contributed by atoms with Crippen LogP contribution in [0.5, 0.6) is 5.75 Å². The first-order chi connectivity index (χ1) is 13.8. The predicted molar refractivity (Wildman–Crippen MR) is 113 cm³/mol. The summed E-state index contributed by atoms with van der Waals surface area (Å²) in [5.74, 6) is 0.0124. The first kappa shape index (κ1) is 21.1. The molecule has 5 nitrogen and oxygen atoms in total. The fourth-order valence-electron chi connectivity index (χ4n) is 3.82. The standard InChI is InChI=1S/C24H29NO4/c1-17-8-4-5-12-21(17)22(26)16-25-13-7-10-19(15-25)18-9-6-11-20(14-18)29-24(2,3)23(27)28/h4-6,8-9,11-12,14,19H,7,10,13,15-16H2,1-3H3,(H,27,28). The average Bonchev–Trinajstić information content (AvgIpc) is 2.68. The van der Waals surface area contributed by atoms with Crippen LogP contribution in [0, 0.1) is 6.92 Å². The van der Waals surface area contributed by atoms with Gasteiger partial charge in [0.05, 0.1) is 6.54 Å². The quantitative estimate of drug-likeness (QED) is 0.708. The van der Waals surface area contributed by atoms with Crippen molar-refractivity contribution in [2.24, 2.45) is 0 Å².